The Bertz CT molecular complexity index is 721. The molecule has 6 nitrogen and oxygen atoms in total. The zero-order valence-electron chi connectivity index (χ0n) is 12.7. The summed E-state index contributed by atoms with van der Waals surface area (Å²) in [5, 5.41) is 4.49. The number of thiazole rings is 1. The van der Waals surface area contributed by atoms with Crippen molar-refractivity contribution in [2.75, 3.05) is 18.0 Å². The molecule has 0 bridgehead atoms. The first-order valence-electron chi connectivity index (χ1n) is 7.93. The SMILES string of the molecule is O=C1CCC(Cn2ccnc2-c2sc(N3CCCC3)nc2Cl)N1. The Labute approximate surface area is 143 Å². The van der Waals surface area contributed by atoms with Gasteiger partial charge in [0.25, 0.3) is 0 Å². The van der Waals surface area contributed by atoms with E-state index in [0.717, 1.165) is 35.3 Å². The van der Waals surface area contributed by atoms with E-state index in [1.165, 1.54) is 12.8 Å². The van der Waals surface area contributed by atoms with Gasteiger partial charge in [-0.15, -0.1) is 0 Å². The molecule has 0 aliphatic carbocycles. The van der Waals surface area contributed by atoms with Crippen LogP contribution in [0.5, 0.6) is 0 Å². The number of amides is 1. The highest BCUT2D eigenvalue weighted by Gasteiger charge is 2.24. The van der Waals surface area contributed by atoms with Crippen LogP contribution in [0.2, 0.25) is 5.15 Å². The smallest absolute Gasteiger partial charge is 0.220 e. The number of anilines is 1. The van der Waals surface area contributed by atoms with Crippen molar-refractivity contribution >= 4 is 34.0 Å². The molecule has 8 heteroatoms. The molecule has 0 aromatic carbocycles. The second kappa shape index (κ2) is 6.13. The number of rotatable bonds is 4. The van der Waals surface area contributed by atoms with Crippen LogP contribution in [0.3, 0.4) is 0 Å². The number of hydrogen-bond donors (Lipinski definition) is 1. The minimum atomic E-state index is 0.129. The van der Waals surface area contributed by atoms with Gasteiger partial charge in [-0.2, -0.15) is 0 Å². The molecule has 2 aliphatic rings. The Morgan fingerprint density at radius 2 is 2.22 bits per heavy atom. The van der Waals surface area contributed by atoms with Crippen LogP contribution >= 0.6 is 22.9 Å². The number of carbonyl (C=O) groups is 1. The fourth-order valence-electron chi connectivity index (χ4n) is 3.19. The predicted octanol–water partition coefficient (Wildman–Crippen LogP) is 2.54. The van der Waals surface area contributed by atoms with Crippen molar-refractivity contribution in [1.29, 1.82) is 0 Å². The topological polar surface area (TPSA) is 63.1 Å². The minimum absolute atomic E-state index is 0.129. The molecule has 2 aliphatic heterocycles. The van der Waals surface area contributed by atoms with Crippen LogP contribution in [0.25, 0.3) is 10.7 Å². The fourth-order valence-corrected chi connectivity index (χ4v) is 4.54. The Morgan fingerprint density at radius 1 is 1.39 bits per heavy atom. The summed E-state index contributed by atoms with van der Waals surface area (Å²) in [6.45, 7) is 2.81. The van der Waals surface area contributed by atoms with E-state index in [1.807, 2.05) is 6.20 Å². The van der Waals surface area contributed by atoms with Crippen molar-refractivity contribution in [2.45, 2.75) is 38.3 Å². The van der Waals surface area contributed by atoms with Crippen LogP contribution in [-0.2, 0) is 11.3 Å². The van der Waals surface area contributed by atoms with Gasteiger partial charge >= 0.3 is 0 Å². The van der Waals surface area contributed by atoms with Gasteiger partial charge in [-0.05, 0) is 19.3 Å². The van der Waals surface area contributed by atoms with Crippen molar-refractivity contribution in [2.24, 2.45) is 0 Å². The first kappa shape index (κ1) is 15.0. The Balaban J connectivity index is 1.58. The lowest BCUT2D eigenvalue weighted by Crippen LogP contribution is -2.29. The Morgan fingerprint density at radius 3 is 2.96 bits per heavy atom. The van der Waals surface area contributed by atoms with Gasteiger partial charge < -0.3 is 14.8 Å². The molecular weight excluding hydrogens is 334 g/mol. The van der Waals surface area contributed by atoms with Crippen molar-refractivity contribution in [1.82, 2.24) is 19.9 Å². The average molecular weight is 352 g/mol. The van der Waals surface area contributed by atoms with E-state index < -0.39 is 0 Å². The quantitative estimate of drug-likeness (QED) is 0.919. The number of imidazole rings is 1. The summed E-state index contributed by atoms with van der Waals surface area (Å²) >= 11 is 7.98. The van der Waals surface area contributed by atoms with Gasteiger partial charge in [0.05, 0.1) is 0 Å². The molecule has 4 heterocycles. The lowest BCUT2D eigenvalue weighted by Gasteiger charge is -2.13. The first-order valence-corrected chi connectivity index (χ1v) is 9.12. The van der Waals surface area contributed by atoms with Crippen LogP contribution in [0.4, 0.5) is 5.13 Å². The molecule has 2 aromatic heterocycles. The molecule has 2 aromatic rings. The standard InChI is InChI=1S/C15H18ClN5OS/c16-13-12(23-15(19-13)20-6-1-2-7-20)14-17-5-8-21(14)9-10-3-4-11(22)18-10/h5,8,10H,1-4,6-7,9H2,(H,18,22). The van der Waals surface area contributed by atoms with Gasteiger partial charge in [-0.1, -0.05) is 22.9 Å². The lowest BCUT2D eigenvalue weighted by molar-refractivity contribution is -0.119. The highest BCUT2D eigenvalue weighted by atomic mass is 35.5. The molecule has 23 heavy (non-hydrogen) atoms. The number of hydrogen-bond acceptors (Lipinski definition) is 5. The van der Waals surface area contributed by atoms with E-state index in [4.69, 9.17) is 11.6 Å². The molecule has 2 saturated heterocycles. The van der Waals surface area contributed by atoms with Crippen LogP contribution in [0.1, 0.15) is 25.7 Å². The van der Waals surface area contributed by atoms with Gasteiger partial charge in [0.1, 0.15) is 4.88 Å². The molecule has 1 unspecified atom stereocenters. The van der Waals surface area contributed by atoms with Crippen molar-refractivity contribution in [3.05, 3.63) is 17.5 Å². The number of halogens is 1. The van der Waals surface area contributed by atoms with Crippen molar-refractivity contribution < 1.29 is 4.79 Å². The number of nitrogens with zero attached hydrogens (tertiary/aromatic N) is 4. The monoisotopic (exact) mass is 351 g/mol. The summed E-state index contributed by atoms with van der Waals surface area (Å²) in [6.07, 6.45) is 7.61. The maximum atomic E-state index is 11.4. The first-order chi connectivity index (χ1) is 11.2. The number of carbonyl (C=O) groups excluding carboxylic acids is 1. The summed E-state index contributed by atoms with van der Waals surface area (Å²) < 4.78 is 2.06. The third-order valence-electron chi connectivity index (χ3n) is 4.37. The zero-order valence-corrected chi connectivity index (χ0v) is 14.2. The number of aromatic nitrogens is 3. The predicted molar refractivity (Wildman–Crippen MR) is 91.0 cm³/mol. The van der Waals surface area contributed by atoms with Gasteiger partial charge in [0.15, 0.2) is 16.1 Å². The Kier molecular flexibility index (Phi) is 3.98. The molecule has 0 saturated carbocycles. The summed E-state index contributed by atoms with van der Waals surface area (Å²) in [4.78, 5) is 23.5. The molecule has 1 amide bonds. The van der Waals surface area contributed by atoms with Crippen LogP contribution in [0.15, 0.2) is 12.4 Å². The lowest BCUT2D eigenvalue weighted by atomic mass is 10.2. The molecular formula is C15H18ClN5OS. The molecule has 2 fully saturated rings. The highest BCUT2D eigenvalue weighted by molar-refractivity contribution is 7.19. The summed E-state index contributed by atoms with van der Waals surface area (Å²) in [6, 6.07) is 0.167. The fraction of sp³-hybridized carbons (Fsp3) is 0.533. The van der Waals surface area contributed by atoms with Crippen molar-refractivity contribution in [3.63, 3.8) is 0 Å². The average Bonchev–Trinajstić information content (AvgIpc) is 3.27. The maximum absolute atomic E-state index is 11.4. The van der Waals surface area contributed by atoms with E-state index in [-0.39, 0.29) is 11.9 Å². The highest BCUT2D eigenvalue weighted by Crippen LogP contribution is 2.38. The molecule has 0 radical (unpaired) electrons. The second-order valence-electron chi connectivity index (χ2n) is 6.02. The van der Waals surface area contributed by atoms with E-state index >= 15 is 0 Å². The van der Waals surface area contributed by atoms with Gasteiger partial charge in [0, 0.05) is 44.5 Å². The molecule has 1 atom stereocenters. The van der Waals surface area contributed by atoms with E-state index in [1.54, 1.807) is 17.5 Å². The largest absolute Gasteiger partial charge is 0.352 e. The third-order valence-corrected chi connectivity index (χ3v) is 5.87. The molecule has 0 spiro atoms. The van der Waals surface area contributed by atoms with Gasteiger partial charge in [0.2, 0.25) is 5.91 Å². The second-order valence-corrected chi connectivity index (χ2v) is 7.35. The summed E-state index contributed by atoms with van der Waals surface area (Å²) in [7, 11) is 0. The zero-order chi connectivity index (χ0) is 15.8. The third kappa shape index (κ3) is 2.95. The van der Waals surface area contributed by atoms with E-state index in [2.05, 4.69) is 24.8 Å². The molecule has 1 N–H and O–H groups in total. The Hall–Kier alpha value is -1.60. The van der Waals surface area contributed by atoms with Gasteiger partial charge in [-0.25, -0.2) is 9.97 Å². The molecule has 4 rings (SSSR count). The van der Waals surface area contributed by atoms with Crippen LogP contribution < -0.4 is 10.2 Å². The normalized spacial score (nSPS) is 21.2. The van der Waals surface area contributed by atoms with Crippen LogP contribution in [0, 0.1) is 0 Å². The molecule has 122 valence electrons. The van der Waals surface area contributed by atoms with Crippen LogP contribution in [-0.4, -0.2) is 39.6 Å². The maximum Gasteiger partial charge on any atom is 0.220 e. The van der Waals surface area contributed by atoms with E-state index in [0.29, 0.717) is 18.1 Å². The van der Waals surface area contributed by atoms with Gasteiger partial charge in [-0.3, -0.25) is 4.79 Å². The summed E-state index contributed by atoms with van der Waals surface area (Å²) in [5.41, 5.74) is 0. The van der Waals surface area contributed by atoms with Crippen molar-refractivity contribution in [3.8, 4) is 10.7 Å². The summed E-state index contributed by atoms with van der Waals surface area (Å²) in [5.74, 6) is 0.961. The van der Waals surface area contributed by atoms with E-state index in [9.17, 15) is 4.79 Å². The number of nitrogens with one attached hydrogen (secondary N) is 1. The minimum Gasteiger partial charge on any atom is -0.352 e.